The second kappa shape index (κ2) is 7.09. The van der Waals surface area contributed by atoms with Gasteiger partial charge in [-0.2, -0.15) is 0 Å². The molecule has 0 aromatic carbocycles. The second-order valence-electron chi connectivity index (χ2n) is 4.24. The number of aliphatic hydroxyl groups excluding tert-OH is 1. The van der Waals surface area contributed by atoms with Crippen molar-refractivity contribution in [2.24, 2.45) is 0 Å². The van der Waals surface area contributed by atoms with Crippen LogP contribution >= 0.6 is 0 Å². The smallest absolute Gasteiger partial charge is 0.408 e. The lowest BCUT2D eigenvalue weighted by atomic mass is 10.2. The van der Waals surface area contributed by atoms with Crippen LogP contribution in [0.2, 0.25) is 0 Å². The van der Waals surface area contributed by atoms with E-state index in [0.717, 1.165) is 0 Å². The molecule has 16 heavy (non-hydrogen) atoms. The van der Waals surface area contributed by atoms with Gasteiger partial charge in [-0.05, 0) is 20.8 Å². The average Bonchev–Trinajstić information content (AvgIpc) is 2.13. The third kappa shape index (κ3) is 8.09. The first-order valence-electron chi connectivity index (χ1n) is 5.00. The number of amides is 1. The molecule has 0 fully saturated rings. The molecule has 1 amide bonds. The molecule has 5 nitrogen and oxygen atoms in total. The molecule has 0 heterocycles. The van der Waals surface area contributed by atoms with Crippen molar-refractivity contribution in [3.63, 3.8) is 0 Å². The molecule has 0 saturated carbocycles. The maximum absolute atomic E-state index is 11.3. The van der Waals surface area contributed by atoms with E-state index in [4.69, 9.17) is 21.0 Å². The van der Waals surface area contributed by atoms with Crippen molar-refractivity contribution >= 4 is 6.09 Å². The molecule has 0 aromatic rings. The zero-order valence-corrected chi connectivity index (χ0v) is 9.95. The van der Waals surface area contributed by atoms with E-state index in [1.807, 2.05) is 0 Å². The number of rotatable bonds is 5. The Labute approximate surface area is 96.1 Å². The first kappa shape index (κ1) is 14.8. The van der Waals surface area contributed by atoms with Gasteiger partial charge >= 0.3 is 6.09 Å². The highest BCUT2D eigenvalue weighted by molar-refractivity contribution is 5.68. The van der Waals surface area contributed by atoms with Crippen LogP contribution in [0.25, 0.3) is 0 Å². The number of hydrogen-bond donors (Lipinski definition) is 2. The number of terminal acetylenes is 1. The lowest BCUT2D eigenvalue weighted by molar-refractivity contribution is 0.0413. The molecule has 0 saturated heterocycles. The highest BCUT2D eigenvalue weighted by Gasteiger charge is 2.19. The fourth-order valence-corrected chi connectivity index (χ4v) is 0.874. The van der Waals surface area contributed by atoms with E-state index in [1.54, 1.807) is 20.8 Å². The van der Waals surface area contributed by atoms with Gasteiger partial charge in [-0.15, -0.1) is 6.42 Å². The monoisotopic (exact) mass is 229 g/mol. The number of carbonyl (C=O) groups excluding carboxylic acids is 1. The Balaban J connectivity index is 3.93. The predicted octanol–water partition coefficient (Wildman–Crippen LogP) is 0.522. The fraction of sp³-hybridized carbons (Fsp3) is 0.727. The number of carbonyl (C=O) groups is 1. The molecule has 5 heteroatoms. The van der Waals surface area contributed by atoms with Crippen LogP contribution in [0, 0.1) is 12.3 Å². The van der Waals surface area contributed by atoms with Gasteiger partial charge < -0.3 is 19.9 Å². The molecule has 0 aliphatic rings. The van der Waals surface area contributed by atoms with Crippen LogP contribution in [-0.4, -0.2) is 42.7 Å². The lowest BCUT2D eigenvalue weighted by Crippen LogP contribution is -2.43. The molecule has 0 aromatic heterocycles. The number of hydrogen-bond acceptors (Lipinski definition) is 4. The molecule has 0 aliphatic carbocycles. The lowest BCUT2D eigenvalue weighted by Gasteiger charge is -2.22. The number of ether oxygens (including phenoxy) is 2. The molecule has 0 spiro atoms. The molecular weight excluding hydrogens is 210 g/mol. The summed E-state index contributed by atoms with van der Waals surface area (Å²) < 4.78 is 10.0. The minimum atomic E-state index is -0.587. The Hall–Kier alpha value is -1.25. The van der Waals surface area contributed by atoms with E-state index in [-0.39, 0.29) is 19.8 Å². The van der Waals surface area contributed by atoms with Gasteiger partial charge in [0, 0.05) is 0 Å². The summed E-state index contributed by atoms with van der Waals surface area (Å²) >= 11 is 0. The normalized spacial score (nSPS) is 12.7. The first-order chi connectivity index (χ1) is 7.39. The van der Waals surface area contributed by atoms with Crippen molar-refractivity contribution < 1.29 is 19.4 Å². The van der Waals surface area contributed by atoms with Crippen LogP contribution < -0.4 is 5.32 Å². The molecule has 2 N–H and O–H groups in total. The predicted molar refractivity (Wildman–Crippen MR) is 59.9 cm³/mol. The van der Waals surface area contributed by atoms with Crippen LogP contribution in [0.3, 0.4) is 0 Å². The Kier molecular flexibility index (Phi) is 6.54. The quantitative estimate of drug-likeness (QED) is 0.533. The molecule has 0 radical (unpaired) electrons. The van der Waals surface area contributed by atoms with Gasteiger partial charge in [0.05, 0.1) is 19.3 Å². The Morgan fingerprint density at radius 1 is 1.56 bits per heavy atom. The summed E-state index contributed by atoms with van der Waals surface area (Å²) in [5.74, 6) is 2.29. The van der Waals surface area contributed by atoms with Crippen LogP contribution in [0.4, 0.5) is 4.79 Å². The summed E-state index contributed by atoms with van der Waals surface area (Å²) in [7, 11) is 0. The summed E-state index contributed by atoms with van der Waals surface area (Å²) in [5.41, 5.74) is -0.566. The third-order valence-electron chi connectivity index (χ3n) is 1.45. The maximum Gasteiger partial charge on any atom is 0.408 e. The van der Waals surface area contributed by atoms with Crippen molar-refractivity contribution in [3.8, 4) is 12.3 Å². The minimum Gasteiger partial charge on any atom is -0.444 e. The molecule has 0 bridgehead atoms. The van der Waals surface area contributed by atoms with Crippen LogP contribution in [0.1, 0.15) is 20.8 Å². The molecule has 0 rings (SSSR count). The summed E-state index contributed by atoms with van der Waals surface area (Å²) in [5, 5.41) is 11.4. The van der Waals surface area contributed by atoms with Crippen LogP contribution in [-0.2, 0) is 9.47 Å². The molecule has 1 atom stereocenters. The Bertz CT molecular complexity index is 252. The van der Waals surface area contributed by atoms with Gasteiger partial charge in [-0.25, -0.2) is 4.79 Å². The third-order valence-corrected chi connectivity index (χ3v) is 1.45. The summed E-state index contributed by atoms with van der Waals surface area (Å²) in [6.45, 7) is 5.34. The van der Waals surface area contributed by atoms with Gasteiger partial charge in [0.15, 0.2) is 0 Å². The first-order valence-corrected chi connectivity index (χ1v) is 5.00. The number of aliphatic hydroxyl groups is 1. The van der Waals surface area contributed by atoms with Crippen molar-refractivity contribution in [1.82, 2.24) is 5.32 Å². The van der Waals surface area contributed by atoms with Gasteiger partial charge in [-0.3, -0.25) is 0 Å². The minimum absolute atomic E-state index is 0.145. The zero-order chi connectivity index (χ0) is 12.6. The van der Waals surface area contributed by atoms with E-state index in [0.29, 0.717) is 0 Å². The highest BCUT2D eigenvalue weighted by atomic mass is 16.6. The van der Waals surface area contributed by atoms with Gasteiger partial charge in [0.1, 0.15) is 12.2 Å². The standard InChI is InChI=1S/C11H19NO4/c1-5-6-15-8-9(7-13)12-10(14)16-11(2,3)4/h1,9,13H,6-8H2,2-4H3,(H,12,14)/t9-/m0/s1. The highest BCUT2D eigenvalue weighted by Crippen LogP contribution is 2.06. The van der Waals surface area contributed by atoms with Crippen LogP contribution in [0.5, 0.6) is 0 Å². The van der Waals surface area contributed by atoms with Crippen LogP contribution in [0.15, 0.2) is 0 Å². The SMILES string of the molecule is C#CCOC[C@H](CO)NC(=O)OC(C)(C)C. The zero-order valence-electron chi connectivity index (χ0n) is 9.95. The van der Waals surface area contributed by atoms with E-state index < -0.39 is 17.7 Å². The summed E-state index contributed by atoms with van der Waals surface area (Å²) in [6.07, 6.45) is 4.40. The van der Waals surface area contributed by atoms with E-state index in [1.165, 1.54) is 0 Å². The summed E-state index contributed by atoms with van der Waals surface area (Å²) in [6, 6.07) is -0.511. The Morgan fingerprint density at radius 3 is 2.62 bits per heavy atom. The largest absolute Gasteiger partial charge is 0.444 e. The van der Waals surface area contributed by atoms with E-state index in [9.17, 15) is 4.79 Å². The van der Waals surface area contributed by atoms with E-state index >= 15 is 0 Å². The second-order valence-corrected chi connectivity index (χ2v) is 4.24. The fourth-order valence-electron chi connectivity index (χ4n) is 0.874. The topological polar surface area (TPSA) is 67.8 Å². The average molecular weight is 229 g/mol. The van der Waals surface area contributed by atoms with Gasteiger partial charge in [0.2, 0.25) is 0 Å². The van der Waals surface area contributed by atoms with Crippen molar-refractivity contribution in [2.45, 2.75) is 32.4 Å². The number of alkyl carbamates (subject to hydrolysis) is 1. The molecule has 0 unspecified atom stereocenters. The molecular formula is C11H19NO4. The van der Waals surface area contributed by atoms with Gasteiger partial charge in [-0.1, -0.05) is 5.92 Å². The molecule has 0 aliphatic heterocycles. The summed E-state index contributed by atoms with van der Waals surface area (Å²) in [4.78, 5) is 11.3. The van der Waals surface area contributed by atoms with Gasteiger partial charge in [0.25, 0.3) is 0 Å². The number of nitrogens with one attached hydrogen (secondary N) is 1. The maximum atomic E-state index is 11.3. The Morgan fingerprint density at radius 2 is 2.19 bits per heavy atom. The van der Waals surface area contributed by atoms with Crippen molar-refractivity contribution in [3.05, 3.63) is 0 Å². The van der Waals surface area contributed by atoms with E-state index in [2.05, 4.69) is 11.2 Å². The van der Waals surface area contributed by atoms with Crippen molar-refractivity contribution in [2.75, 3.05) is 19.8 Å². The van der Waals surface area contributed by atoms with Crippen molar-refractivity contribution in [1.29, 1.82) is 0 Å². The molecule has 92 valence electrons.